The smallest absolute Gasteiger partial charge is 0.237 e. The van der Waals surface area contributed by atoms with Crippen LogP contribution in [0.15, 0.2) is 18.2 Å². The van der Waals surface area contributed by atoms with E-state index >= 15 is 0 Å². The van der Waals surface area contributed by atoms with E-state index in [9.17, 15) is 4.79 Å². The molecule has 0 fully saturated rings. The minimum Gasteiger partial charge on any atom is -0.368 e. The molecule has 1 atom stereocenters. The number of benzene rings is 1. The van der Waals surface area contributed by atoms with Crippen molar-refractivity contribution in [2.75, 3.05) is 30.0 Å². The fourth-order valence-electron chi connectivity index (χ4n) is 2.15. The highest BCUT2D eigenvalue weighted by Crippen LogP contribution is 2.21. The number of carbonyl (C=O) groups is 1. The van der Waals surface area contributed by atoms with Gasteiger partial charge in [0.2, 0.25) is 17.8 Å². The molecular weight excluding hydrogens is 336 g/mol. The van der Waals surface area contributed by atoms with Gasteiger partial charge in [-0.15, -0.1) is 11.8 Å². The molecule has 25 heavy (non-hydrogen) atoms. The Labute approximate surface area is 152 Å². The van der Waals surface area contributed by atoms with Crippen molar-refractivity contribution >= 4 is 35.3 Å². The van der Waals surface area contributed by atoms with Crippen LogP contribution in [0.4, 0.5) is 17.6 Å². The Morgan fingerprint density at radius 3 is 2.64 bits per heavy atom. The summed E-state index contributed by atoms with van der Waals surface area (Å²) in [7, 11) is 3.68. The second kappa shape index (κ2) is 8.15. The molecule has 134 valence electrons. The summed E-state index contributed by atoms with van der Waals surface area (Å²) < 4.78 is 0. The number of amides is 1. The van der Waals surface area contributed by atoms with Gasteiger partial charge in [0.15, 0.2) is 0 Å². The van der Waals surface area contributed by atoms with E-state index in [0.29, 0.717) is 17.5 Å². The van der Waals surface area contributed by atoms with E-state index in [1.807, 2.05) is 53.1 Å². The lowest BCUT2D eigenvalue weighted by Gasteiger charge is -2.14. The minimum absolute atomic E-state index is 0.0492. The zero-order chi connectivity index (χ0) is 18.6. The highest BCUT2D eigenvalue weighted by molar-refractivity contribution is 7.99. The van der Waals surface area contributed by atoms with Crippen molar-refractivity contribution in [2.24, 2.45) is 0 Å². The highest BCUT2D eigenvalue weighted by atomic mass is 32.2. The third kappa shape index (κ3) is 5.32. The second-order valence-electron chi connectivity index (χ2n) is 6.07. The molecule has 0 aliphatic heterocycles. The topological polar surface area (TPSA) is 97.0 Å². The Hall–Kier alpha value is -2.35. The van der Waals surface area contributed by atoms with Gasteiger partial charge in [-0.25, -0.2) is 0 Å². The molecule has 0 aliphatic rings. The third-order valence-corrected chi connectivity index (χ3v) is 4.70. The van der Waals surface area contributed by atoms with E-state index in [4.69, 9.17) is 5.73 Å². The normalized spacial score (nSPS) is 11.9. The highest BCUT2D eigenvalue weighted by Gasteiger charge is 2.16. The summed E-state index contributed by atoms with van der Waals surface area (Å²) in [5, 5.41) is 2.72. The molecule has 0 saturated carbocycles. The molecule has 1 heterocycles. The van der Waals surface area contributed by atoms with Crippen LogP contribution < -0.4 is 16.0 Å². The molecule has 2 rings (SSSR count). The van der Waals surface area contributed by atoms with E-state index in [1.54, 1.807) is 4.90 Å². The lowest BCUT2D eigenvalue weighted by atomic mass is 10.1. The lowest BCUT2D eigenvalue weighted by molar-refractivity contribution is -0.115. The van der Waals surface area contributed by atoms with Crippen molar-refractivity contribution in [3.63, 3.8) is 0 Å². The average molecular weight is 360 g/mol. The number of aryl methyl sites for hydroxylation is 2. The average Bonchev–Trinajstić information content (AvgIpc) is 2.54. The van der Waals surface area contributed by atoms with Crippen molar-refractivity contribution in [1.29, 1.82) is 0 Å². The first kappa shape index (κ1) is 19.0. The molecule has 0 aliphatic carbocycles. The molecule has 2 aromatic rings. The number of hydrogen-bond acceptors (Lipinski definition) is 7. The zero-order valence-electron chi connectivity index (χ0n) is 15.2. The molecule has 1 amide bonds. The van der Waals surface area contributed by atoms with Crippen molar-refractivity contribution in [1.82, 2.24) is 15.0 Å². The van der Waals surface area contributed by atoms with Gasteiger partial charge in [0, 0.05) is 19.8 Å². The Morgan fingerprint density at radius 1 is 1.28 bits per heavy atom. The van der Waals surface area contributed by atoms with Crippen LogP contribution >= 0.6 is 11.8 Å². The maximum Gasteiger partial charge on any atom is 0.237 e. The molecule has 8 heteroatoms. The number of rotatable bonds is 6. The third-order valence-electron chi connectivity index (χ3n) is 3.56. The minimum atomic E-state index is -0.249. The van der Waals surface area contributed by atoms with E-state index in [0.717, 1.165) is 11.3 Å². The van der Waals surface area contributed by atoms with Crippen LogP contribution in [-0.2, 0) is 10.5 Å². The van der Waals surface area contributed by atoms with E-state index in [2.05, 4.69) is 20.3 Å². The second-order valence-corrected chi connectivity index (χ2v) is 7.39. The van der Waals surface area contributed by atoms with E-state index < -0.39 is 0 Å². The molecule has 0 radical (unpaired) electrons. The summed E-state index contributed by atoms with van der Waals surface area (Å²) in [6.07, 6.45) is 0. The number of carbonyl (C=O) groups excluding carboxylic acids is 1. The van der Waals surface area contributed by atoms with Gasteiger partial charge < -0.3 is 16.0 Å². The number of nitrogens with two attached hydrogens (primary N) is 1. The SMILES string of the molecule is Cc1ccc(NC(=O)C(C)SCc2nc(N)nc(N(C)C)n2)c(C)c1. The number of thioether (sulfide) groups is 1. The molecule has 1 unspecified atom stereocenters. The molecule has 0 spiro atoms. The van der Waals surface area contributed by atoms with Gasteiger partial charge in [0.25, 0.3) is 0 Å². The quantitative estimate of drug-likeness (QED) is 0.816. The van der Waals surface area contributed by atoms with Gasteiger partial charge in [0.1, 0.15) is 5.82 Å². The standard InChI is InChI=1S/C17H24N6OS/c1-10-6-7-13(11(2)8-10)19-15(24)12(3)25-9-14-20-16(18)22-17(21-14)23(4)5/h6-8,12H,9H2,1-5H3,(H,19,24)(H2,18,20,21,22). The molecule has 3 N–H and O–H groups in total. The van der Waals surface area contributed by atoms with Crippen LogP contribution in [0.2, 0.25) is 0 Å². The van der Waals surface area contributed by atoms with Crippen molar-refractivity contribution < 1.29 is 4.79 Å². The van der Waals surface area contributed by atoms with Crippen LogP contribution in [0.3, 0.4) is 0 Å². The Bertz CT molecular complexity index is 765. The number of nitrogens with one attached hydrogen (secondary N) is 1. The summed E-state index contributed by atoms with van der Waals surface area (Å²) in [6.45, 7) is 5.87. The van der Waals surface area contributed by atoms with Crippen LogP contribution in [0.25, 0.3) is 0 Å². The number of nitrogens with zero attached hydrogens (tertiary/aromatic N) is 4. The van der Waals surface area contributed by atoms with E-state index in [-0.39, 0.29) is 17.1 Å². The molecule has 1 aromatic carbocycles. The van der Waals surface area contributed by atoms with Crippen LogP contribution in [0.5, 0.6) is 0 Å². The number of nitrogen functional groups attached to an aromatic ring is 1. The maximum absolute atomic E-state index is 12.4. The molecule has 1 aromatic heterocycles. The lowest BCUT2D eigenvalue weighted by Crippen LogP contribution is -2.23. The molecule has 0 bridgehead atoms. The monoisotopic (exact) mass is 360 g/mol. The van der Waals surface area contributed by atoms with Crippen LogP contribution in [0, 0.1) is 13.8 Å². The van der Waals surface area contributed by atoms with Gasteiger partial charge in [-0.05, 0) is 32.4 Å². The van der Waals surface area contributed by atoms with Crippen LogP contribution in [0.1, 0.15) is 23.9 Å². The number of aromatic nitrogens is 3. The van der Waals surface area contributed by atoms with E-state index in [1.165, 1.54) is 17.3 Å². The Morgan fingerprint density at radius 2 is 2.00 bits per heavy atom. The summed E-state index contributed by atoms with van der Waals surface area (Å²) in [5.74, 6) is 1.69. The molecular formula is C17H24N6OS. The predicted molar refractivity (Wildman–Crippen MR) is 104 cm³/mol. The fourth-order valence-corrected chi connectivity index (χ4v) is 2.89. The number of hydrogen-bond donors (Lipinski definition) is 2. The molecule has 0 saturated heterocycles. The first-order valence-electron chi connectivity index (χ1n) is 7.93. The maximum atomic E-state index is 12.4. The van der Waals surface area contributed by atoms with Gasteiger partial charge in [-0.1, -0.05) is 17.7 Å². The first-order valence-corrected chi connectivity index (χ1v) is 8.98. The first-order chi connectivity index (χ1) is 11.8. The zero-order valence-corrected chi connectivity index (χ0v) is 16.0. The van der Waals surface area contributed by atoms with Crippen molar-refractivity contribution in [3.8, 4) is 0 Å². The summed E-state index contributed by atoms with van der Waals surface area (Å²) in [4.78, 5) is 26.7. The van der Waals surface area contributed by atoms with Crippen molar-refractivity contribution in [2.45, 2.75) is 31.8 Å². The van der Waals surface area contributed by atoms with Crippen molar-refractivity contribution in [3.05, 3.63) is 35.2 Å². The summed E-state index contributed by atoms with van der Waals surface area (Å²) >= 11 is 1.46. The molecule has 7 nitrogen and oxygen atoms in total. The van der Waals surface area contributed by atoms with Crippen LogP contribution in [-0.4, -0.2) is 40.2 Å². The summed E-state index contributed by atoms with van der Waals surface area (Å²) in [6, 6.07) is 5.95. The number of anilines is 3. The Balaban J connectivity index is 1.97. The van der Waals surface area contributed by atoms with Gasteiger partial charge in [0.05, 0.1) is 11.0 Å². The summed E-state index contributed by atoms with van der Waals surface area (Å²) in [5.41, 5.74) is 8.77. The largest absolute Gasteiger partial charge is 0.368 e. The Kier molecular flexibility index (Phi) is 6.19. The fraction of sp³-hybridized carbons (Fsp3) is 0.412. The van der Waals surface area contributed by atoms with Gasteiger partial charge >= 0.3 is 0 Å². The van der Waals surface area contributed by atoms with Gasteiger partial charge in [-0.3, -0.25) is 4.79 Å². The predicted octanol–water partition coefficient (Wildman–Crippen LogP) is 2.40. The van der Waals surface area contributed by atoms with Gasteiger partial charge in [-0.2, -0.15) is 15.0 Å².